The molecule has 2 aromatic rings. The van der Waals surface area contributed by atoms with Gasteiger partial charge in [-0.05, 0) is 74.7 Å². The fraction of sp³-hybridized carbons (Fsp3) is 0.273. The quantitative estimate of drug-likeness (QED) is 0.461. The number of aryl methyl sites for hydroxylation is 2. The number of thiocarbonyl (C=S) groups is 1. The first-order chi connectivity index (χ1) is 13.4. The van der Waals surface area contributed by atoms with E-state index in [2.05, 4.69) is 0 Å². The van der Waals surface area contributed by atoms with Crippen molar-refractivity contribution in [2.45, 2.75) is 27.7 Å². The Labute approximate surface area is 175 Å². The van der Waals surface area contributed by atoms with Gasteiger partial charge in [-0.15, -0.1) is 0 Å². The molecule has 146 valence electrons. The third kappa shape index (κ3) is 4.23. The molecule has 0 N–H and O–H groups in total. The highest BCUT2D eigenvalue weighted by molar-refractivity contribution is 8.27. The van der Waals surface area contributed by atoms with Crippen molar-refractivity contribution >= 4 is 46.0 Å². The lowest BCUT2D eigenvalue weighted by Gasteiger charge is -2.16. The van der Waals surface area contributed by atoms with Crippen LogP contribution in [0.5, 0.6) is 11.5 Å². The molecule has 6 heteroatoms. The van der Waals surface area contributed by atoms with Gasteiger partial charge in [0.05, 0.1) is 23.8 Å². The van der Waals surface area contributed by atoms with Crippen LogP contribution in [-0.4, -0.2) is 23.4 Å². The lowest BCUT2D eigenvalue weighted by Crippen LogP contribution is -2.27. The Morgan fingerprint density at radius 2 is 1.71 bits per heavy atom. The zero-order valence-electron chi connectivity index (χ0n) is 16.4. The molecular weight excluding hydrogens is 390 g/mol. The summed E-state index contributed by atoms with van der Waals surface area (Å²) in [6, 6.07) is 11.6. The normalized spacial score (nSPS) is 15.4. The molecule has 1 saturated heterocycles. The Hall–Kier alpha value is -2.31. The van der Waals surface area contributed by atoms with Crippen LogP contribution in [0.3, 0.4) is 0 Å². The maximum absolute atomic E-state index is 13.0. The van der Waals surface area contributed by atoms with Crippen LogP contribution in [0.25, 0.3) is 6.08 Å². The first kappa shape index (κ1) is 20.4. The van der Waals surface area contributed by atoms with Crippen molar-refractivity contribution in [2.75, 3.05) is 18.1 Å². The van der Waals surface area contributed by atoms with Crippen LogP contribution in [0.1, 0.15) is 30.5 Å². The highest BCUT2D eigenvalue weighted by Crippen LogP contribution is 2.37. The van der Waals surface area contributed by atoms with Crippen molar-refractivity contribution < 1.29 is 14.3 Å². The van der Waals surface area contributed by atoms with Gasteiger partial charge in [-0.25, -0.2) is 0 Å². The van der Waals surface area contributed by atoms with Crippen LogP contribution >= 0.6 is 24.0 Å². The molecule has 1 aliphatic heterocycles. The molecule has 1 fully saturated rings. The fourth-order valence-corrected chi connectivity index (χ4v) is 4.16. The third-order valence-electron chi connectivity index (χ3n) is 4.41. The molecule has 1 aliphatic rings. The molecule has 28 heavy (non-hydrogen) atoms. The van der Waals surface area contributed by atoms with E-state index in [9.17, 15) is 4.79 Å². The van der Waals surface area contributed by atoms with E-state index in [1.165, 1.54) is 17.3 Å². The van der Waals surface area contributed by atoms with E-state index in [4.69, 9.17) is 21.7 Å². The summed E-state index contributed by atoms with van der Waals surface area (Å²) in [6.07, 6.45) is 1.85. The van der Waals surface area contributed by atoms with Crippen molar-refractivity contribution in [1.82, 2.24) is 0 Å². The number of thioether (sulfide) groups is 1. The molecule has 0 unspecified atom stereocenters. The van der Waals surface area contributed by atoms with E-state index in [0.717, 1.165) is 16.8 Å². The number of hydrogen-bond donors (Lipinski definition) is 0. The van der Waals surface area contributed by atoms with Gasteiger partial charge in [0, 0.05) is 0 Å². The number of amides is 1. The summed E-state index contributed by atoms with van der Waals surface area (Å²) in [4.78, 5) is 15.2. The van der Waals surface area contributed by atoms with Gasteiger partial charge in [-0.3, -0.25) is 9.69 Å². The number of benzene rings is 2. The van der Waals surface area contributed by atoms with Gasteiger partial charge in [0.25, 0.3) is 5.91 Å². The van der Waals surface area contributed by atoms with Crippen molar-refractivity contribution in [2.24, 2.45) is 0 Å². The highest BCUT2D eigenvalue weighted by Gasteiger charge is 2.33. The minimum atomic E-state index is -0.106. The highest BCUT2D eigenvalue weighted by atomic mass is 32.2. The summed E-state index contributed by atoms with van der Waals surface area (Å²) in [6.45, 7) is 9.04. The molecule has 0 radical (unpaired) electrons. The average Bonchev–Trinajstić information content (AvgIpc) is 2.93. The van der Waals surface area contributed by atoms with Gasteiger partial charge in [0.1, 0.15) is 0 Å². The van der Waals surface area contributed by atoms with Gasteiger partial charge in [0.15, 0.2) is 15.8 Å². The Balaban J connectivity index is 1.91. The standard InChI is InChI=1S/C22H23NO3S2/c1-5-25-18-10-8-16(12-19(18)26-6-2)13-20-21(24)23(22(27)28-20)17-9-7-14(3)15(4)11-17/h7-13H,5-6H2,1-4H3/b20-13+. The summed E-state index contributed by atoms with van der Waals surface area (Å²) in [5.74, 6) is 1.26. The molecule has 0 atom stereocenters. The molecule has 0 aromatic heterocycles. The molecule has 3 rings (SSSR count). The number of hydrogen-bond acceptors (Lipinski definition) is 5. The van der Waals surface area contributed by atoms with E-state index in [0.29, 0.717) is 33.9 Å². The van der Waals surface area contributed by atoms with Crippen LogP contribution in [0.4, 0.5) is 5.69 Å². The van der Waals surface area contributed by atoms with Crippen LogP contribution in [0.15, 0.2) is 41.3 Å². The second-order valence-electron chi connectivity index (χ2n) is 6.36. The lowest BCUT2D eigenvalue weighted by molar-refractivity contribution is -0.113. The SMILES string of the molecule is CCOc1ccc(/C=C2/SC(=S)N(c3ccc(C)c(C)c3)C2=O)cc1OCC. The van der Waals surface area contributed by atoms with Crippen LogP contribution < -0.4 is 14.4 Å². The van der Waals surface area contributed by atoms with E-state index in [1.54, 1.807) is 4.90 Å². The van der Waals surface area contributed by atoms with Gasteiger partial charge < -0.3 is 9.47 Å². The summed E-state index contributed by atoms with van der Waals surface area (Å²) >= 11 is 6.79. The number of ether oxygens (including phenoxy) is 2. The minimum Gasteiger partial charge on any atom is -0.490 e. The smallest absolute Gasteiger partial charge is 0.270 e. The van der Waals surface area contributed by atoms with Crippen molar-refractivity contribution in [1.29, 1.82) is 0 Å². The number of carbonyl (C=O) groups excluding carboxylic acids is 1. The number of anilines is 1. The Kier molecular flexibility index (Phi) is 6.42. The maximum Gasteiger partial charge on any atom is 0.270 e. The monoisotopic (exact) mass is 413 g/mol. The second-order valence-corrected chi connectivity index (χ2v) is 8.03. The summed E-state index contributed by atoms with van der Waals surface area (Å²) < 4.78 is 11.8. The molecule has 2 aromatic carbocycles. The topological polar surface area (TPSA) is 38.8 Å². The first-order valence-electron chi connectivity index (χ1n) is 9.19. The Morgan fingerprint density at radius 3 is 2.39 bits per heavy atom. The Bertz CT molecular complexity index is 953. The van der Waals surface area contributed by atoms with E-state index in [-0.39, 0.29) is 5.91 Å². The number of carbonyl (C=O) groups is 1. The average molecular weight is 414 g/mol. The zero-order valence-corrected chi connectivity index (χ0v) is 18.1. The minimum absolute atomic E-state index is 0.106. The van der Waals surface area contributed by atoms with Gasteiger partial charge in [-0.1, -0.05) is 36.1 Å². The van der Waals surface area contributed by atoms with E-state index >= 15 is 0 Å². The zero-order chi connectivity index (χ0) is 20.3. The van der Waals surface area contributed by atoms with Crippen LogP contribution in [-0.2, 0) is 4.79 Å². The second kappa shape index (κ2) is 8.80. The first-order valence-corrected chi connectivity index (χ1v) is 10.4. The molecule has 1 amide bonds. The molecular formula is C22H23NO3S2. The molecule has 4 nitrogen and oxygen atoms in total. The molecule has 0 saturated carbocycles. The van der Waals surface area contributed by atoms with Gasteiger partial charge in [0.2, 0.25) is 0 Å². The summed E-state index contributed by atoms with van der Waals surface area (Å²) in [5.41, 5.74) is 3.98. The Morgan fingerprint density at radius 1 is 1.00 bits per heavy atom. The fourth-order valence-electron chi connectivity index (χ4n) is 2.86. The van der Waals surface area contributed by atoms with Gasteiger partial charge in [-0.2, -0.15) is 0 Å². The molecule has 0 spiro atoms. The largest absolute Gasteiger partial charge is 0.490 e. The van der Waals surface area contributed by atoms with Crippen LogP contribution in [0.2, 0.25) is 0 Å². The van der Waals surface area contributed by atoms with E-state index < -0.39 is 0 Å². The van der Waals surface area contributed by atoms with Gasteiger partial charge >= 0.3 is 0 Å². The predicted molar refractivity (Wildman–Crippen MR) is 120 cm³/mol. The summed E-state index contributed by atoms with van der Waals surface area (Å²) in [5, 5.41) is 0. The third-order valence-corrected chi connectivity index (χ3v) is 5.71. The van der Waals surface area contributed by atoms with E-state index in [1.807, 2.05) is 70.2 Å². The van der Waals surface area contributed by atoms with Crippen LogP contribution in [0, 0.1) is 13.8 Å². The number of nitrogens with zero attached hydrogens (tertiary/aromatic N) is 1. The van der Waals surface area contributed by atoms with Crippen molar-refractivity contribution in [3.63, 3.8) is 0 Å². The van der Waals surface area contributed by atoms with Crippen molar-refractivity contribution in [3.8, 4) is 11.5 Å². The molecule has 1 heterocycles. The van der Waals surface area contributed by atoms with Crippen molar-refractivity contribution in [3.05, 3.63) is 58.0 Å². The summed E-state index contributed by atoms with van der Waals surface area (Å²) in [7, 11) is 0. The lowest BCUT2D eigenvalue weighted by atomic mass is 10.1. The predicted octanol–water partition coefficient (Wildman–Crippen LogP) is 5.51. The maximum atomic E-state index is 13.0. The molecule has 0 bridgehead atoms. The molecule has 0 aliphatic carbocycles. The number of rotatable bonds is 6.